The van der Waals surface area contributed by atoms with Gasteiger partial charge in [-0.3, -0.25) is 14.9 Å². The van der Waals surface area contributed by atoms with Crippen molar-refractivity contribution in [2.24, 2.45) is 0 Å². The van der Waals surface area contributed by atoms with Crippen LogP contribution in [0.4, 0.5) is 5.69 Å². The Morgan fingerprint density at radius 1 is 1.58 bits per heavy atom. The highest BCUT2D eigenvalue weighted by Crippen LogP contribution is 2.29. The molecule has 0 radical (unpaired) electrons. The summed E-state index contributed by atoms with van der Waals surface area (Å²) in [7, 11) is 1.54. The first-order valence-corrected chi connectivity index (χ1v) is 5.68. The van der Waals surface area contributed by atoms with Crippen molar-refractivity contribution in [2.45, 2.75) is 12.5 Å². The fraction of sp³-hybridized carbons (Fsp3) is 0.250. The number of benzene rings is 1. The summed E-state index contributed by atoms with van der Waals surface area (Å²) in [6.07, 6.45) is 1.79. The second kappa shape index (κ2) is 5.07. The Balaban J connectivity index is 2.49. The zero-order valence-electron chi connectivity index (χ0n) is 10.2. The average molecular weight is 263 g/mol. The molecule has 1 heterocycles. The maximum absolute atomic E-state index is 11.0. The van der Waals surface area contributed by atoms with E-state index in [1.54, 1.807) is 25.4 Å². The Morgan fingerprint density at radius 2 is 2.32 bits per heavy atom. The molecule has 3 N–H and O–H groups in total. The van der Waals surface area contributed by atoms with E-state index < -0.39 is 16.9 Å². The van der Waals surface area contributed by atoms with Gasteiger partial charge in [-0.1, -0.05) is 6.07 Å². The summed E-state index contributed by atoms with van der Waals surface area (Å²) < 4.78 is 0. The number of rotatable bonds is 5. The molecule has 0 fully saturated rings. The molecule has 1 aromatic heterocycles. The minimum Gasteiger partial charge on any atom is -0.480 e. The van der Waals surface area contributed by atoms with Crippen molar-refractivity contribution >= 4 is 22.6 Å². The van der Waals surface area contributed by atoms with Crippen LogP contribution in [0.1, 0.15) is 5.56 Å². The average Bonchev–Trinajstić information content (AvgIpc) is 2.78. The third-order valence-electron chi connectivity index (χ3n) is 3.03. The van der Waals surface area contributed by atoms with E-state index in [0.29, 0.717) is 16.5 Å². The Hall–Kier alpha value is -2.41. The lowest BCUT2D eigenvalue weighted by Gasteiger charge is -2.09. The Morgan fingerprint density at radius 3 is 2.89 bits per heavy atom. The number of aromatic amines is 1. The summed E-state index contributed by atoms with van der Waals surface area (Å²) in [6.45, 7) is 0. The molecule has 0 amide bonds. The Bertz CT molecular complexity index is 635. The second-order valence-corrected chi connectivity index (χ2v) is 4.15. The van der Waals surface area contributed by atoms with Gasteiger partial charge in [0.15, 0.2) is 0 Å². The lowest BCUT2D eigenvalue weighted by Crippen LogP contribution is -2.35. The molecule has 0 aliphatic heterocycles. The molecule has 0 spiro atoms. The van der Waals surface area contributed by atoms with E-state index in [4.69, 9.17) is 5.11 Å². The topological polar surface area (TPSA) is 108 Å². The third-order valence-corrected chi connectivity index (χ3v) is 3.03. The van der Waals surface area contributed by atoms with Crippen LogP contribution in [-0.2, 0) is 11.2 Å². The second-order valence-electron chi connectivity index (χ2n) is 4.15. The number of nitrogens with zero attached hydrogens (tertiary/aromatic N) is 1. The molecule has 1 atom stereocenters. The largest absolute Gasteiger partial charge is 0.480 e. The first-order chi connectivity index (χ1) is 9.04. The Labute approximate surface area is 108 Å². The highest BCUT2D eigenvalue weighted by Gasteiger charge is 2.21. The maximum atomic E-state index is 11.0. The molecule has 2 aromatic rings. The molecule has 0 aliphatic carbocycles. The molecule has 19 heavy (non-hydrogen) atoms. The first-order valence-electron chi connectivity index (χ1n) is 5.68. The summed E-state index contributed by atoms with van der Waals surface area (Å²) in [5.74, 6) is -0.990. The molecule has 100 valence electrons. The van der Waals surface area contributed by atoms with Gasteiger partial charge in [-0.25, -0.2) is 0 Å². The van der Waals surface area contributed by atoms with E-state index >= 15 is 0 Å². The number of carboxylic acids is 1. The lowest BCUT2D eigenvalue weighted by molar-refractivity contribution is -0.383. The minimum atomic E-state index is -0.990. The van der Waals surface area contributed by atoms with Gasteiger partial charge >= 0.3 is 5.97 Å². The molecule has 1 aromatic carbocycles. The van der Waals surface area contributed by atoms with E-state index in [9.17, 15) is 14.9 Å². The lowest BCUT2D eigenvalue weighted by atomic mass is 10.0. The molecule has 7 heteroatoms. The molecular formula is C12H13N3O4. The molecular weight excluding hydrogens is 250 g/mol. The summed E-state index contributed by atoms with van der Waals surface area (Å²) in [4.78, 5) is 24.5. The van der Waals surface area contributed by atoms with Crippen LogP contribution in [0.3, 0.4) is 0 Å². The third kappa shape index (κ3) is 2.41. The van der Waals surface area contributed by atoms with E-state index in [-0.39, 0.29) is 12.1 Å². The zero-order chi connectivity index (χ0) is 14.0. The fourth-order valence-corrected chi connectivity index (χ4v) is 2.08. The highest BCUT2D eigenvalue weighted by molar-refractivity contribution is 5.92. The van der Waals surface area contributed by atoms with Gasteiger partial charge in [0, 0.05) is 18.7 Å². The molecule has 2 rings (SSSR count). The van der Waals surface area contributed by atoms with E-state index in [2.05, 4.69) is 10.3 Å². The van der Waals surface area contributed by atoms with Crippen LogP contribution in [0.2, 0.25) is 0 Å². The van der Waals surface area contributed by atoms with E-state index in [0.717, 1.165) is 0 Å². The first kappa shape index (κ1) is 13.0. The summed E-state index contributed by atoms with van der Waals surface area (Å²) in [5.41, 5.74) is 1.22. The van der Waals surface area contributed by atoms with Gasteiger partial charge in [0.2, 0.25) is 0 Å². The number of H-pyrrole nitrogens is 1. The van der Waals surface area contributed by atoms with Crippen LogP contribution in [0, 0.1) is 10.1 Å². The highest BCUT2D eigenvalue weighted by atomic mass is 16.6. The number of nitro groups is 1. The van der Waals surface area contributed by atoms with Crippen molar-refractivity contribution in [3.63, 3.8) is 0 Å². The number of hydrogen-bond acceptors (Lipinski definition) is 4. The molecule has 0 saturated heterocycles. The van der Waals surface area contributed by atoms with Gasteiger partial charge in [0.05, 0.1) is 15.8 Å². The number of likely N-dealkylation sites (N-methyl/N-ethyl adjacent to an activating group) is 1. The maximum Gasteiger partial charge on any atom is 0.321 e. The summed E-state index contributed by atoms with van der Waals surface area (Å²) in [5, 5.41) is 23.2. The van der Waals surface area contributed by atoms with Crippen LogP contribution in [0.5, 0.6) is 0 Å². The van der Waals surface area contributed by atoms with Crippen molar-refractivity contribution < 1.29 is 14.8 Å². The molecule has 0 bridgehead atoms. The molecule has 7 nitrogen and oxygen atoms in total. The fourth-order valence-electron chi connectivity index (χ4n) is 2.08. The van der Waals surface area contributed by atoms with Gasteiger partial charge in [0.25, 0.3) is 5.69 Å². The number of non-ortho nitro benzene ring substituents is 1. The van der Waals surface area contributed by atoms with Gasteiger partial charge < -0.3 is 15.4 Å². The van der Waals surface area contributed by atoms with Gasteiger partial charge in [0.1, 0.15) is 6.04 Å². The zero-order valence-corrected chi connectivity index (χ0v) is 10.2. The number of aliphatic carboxylic acids is 1. The summed E-state index contributed by atoms with van der Waals surface area (Å²) in [6, 6.07) is 3.95. The van der Waals surface area contributed by atoms with Crippen molar-refractivity contribution in [3.05, 3.63) is 40.1 Å². The molecule has 0 aliphatic rings. The number of nitrogens with one attached hydrogen (secondary N) is 2. The predicted molar refractivity (Wildman–Crippen MR) is 69.1 cm³/mol. The number of fused-ring (bicyclic) bond motifs is 1. The molecule has 0 unspecified atom stereocenters. The number of carboxylic acid groups (broad SMARTS) is 1. The minimum absolute atomic E-state index is 0.0195. The van der Waals surface area contributed by atoms with Gasteiger partial charge in [-0.15, -0.1) is 0 Å². The standard InChI is InChI=1S/C12H13N3O4/c1-13-9(12(16)17)5-7-6-14-8-3-2-4-10(11(7)8)15(18)19/h2-4,6,9,13-14H,5H2,1H3,(H,16,17)/t9-/m0/s1. The van der Waals surface area contributed by atoms with Crippen LogP contribution in [0.25, 0.3) is 10.9 Å². The number of hydrogen-bond donors (Lipinski definition) is 3. The predicted octanol–water partition coefficient (Wildman–Crippen LogP) is 1.29. The van der Waals surface area contributed by atoms with E-state index in [1.165, 1.54) is 6.07 Å². The van der Waals surface area contributed by atoms with Crippen molar-refractivity contribution in [2.75, 3.05) is 7.05 Å². The van der Waals surface area contributed by atoms with Gasteiger partial charge in [-0.05, 0) is 18.7 Å². The van der Waals surface area contributed by atoms with Crippen LogP contribution >= 0.6 is 0 Å². The quantitative estimate of drug-likeness (QED) is 0.556. The normalized spacial score (nSPS) is 12.5. The van der Waals surface area contributed by atoms with Crippen LogP contribution in [0.15, 0.2) is 24.4 Å². The number of nitro benzene ring substituents is 1. The monoisotopic (exact) mass is 263 g/mol. The number of carbonyl (C=O) groups is 1. The van der Waals surface area contributed by atoms with Crippen molar-refractivity contribution in [3.8, 4) is 0 Å². The summed E-state index contributed by atoms with van der Waals surface area (Å²) >= 11 is 0. The molecule has 0 saturated carbocycles. The van der Waals surface area contributed by atoms with E-state index in [1.807, 2.05) is 0 Å². The van der Waals surface area contributed by atoms with Gasteiger partial charge in [-0.2, -0.15) is 0 Å². The van der Waals surface area contributed by atoms with Crippen LogP contribution < -0.4 is 5.32 Å². The van der Waals surface area contributed by atoms with Crippen molar-refractivity contribution in [1.82, 2.24) is 10.3 Å². The SMILES string of the molecule is CN[C@@H](Cc1c[nH]c2cccc([N+](=O)[O-])c12)C(=O)O. The Kier molecular flexibility index (Phi) is 3.48. The number of aromatic nitrogens is 1. The van der Waals surface area contributed by atoms with Crippen LogP contribution in [-0.4, -0.2) is 34.1 Å². The smallest absolute Gasteiger partial charge is 0.321 e. The van der Waals surface area contributed by atoms with Crippen molar-refractivity contribution in [1.29, 1.82) is 0 Å².